The van der Waals surface area contributed by atoms with Crippen LogP contribution in [0.2, 0.25) is 0 Å². The van der Waals surface area contributed by atoms with Crippen molar-refractivity contribution < 1.29 is 14.7 Å². The van der Waals surface area contributed by atoms with Crippen LogP contribution in [-0.2, 0) is 16.0 Å². The third kappa shape index (κ3) is 7.13. The Morgan fingerprint density at radius 3 is 2.42 bits per heavy atom. The Hall–Kier alpha value is -3.35. The van der Waals surface area contributed by atoms with Crippen molar-refractivity contribution in [1.82, 2.24) is 9.97 Å². The Morgan fingerprint density at radius 1 is 1.13 bits per heavy atom. The Labute approximate surface area is 183 Å². The number of aliphatic carboxylic acids is 1. The van der Waals surface area contributed by atoms with Gasteiger partial charge in [0.2, 0.25) is 0 Å². The van der Waals surface area contributed by atoms with Crippen molar-refractivity contribution in [2.24, 2.45) is 0 Å². The zero-order chi connectivity index (χ0) is 22.8. The summed E-state index contributed by atoms with van der Waals surface area (Å²) in [6.07, 6.45) is 11.2. The molecule has 0 radical (unpaired) electrons. The minimum Gasteiger partial charge on any atom is -0.480 e. The minimum absolute atomic E-state index is 0.157. The molecule has 0 aliphatic heterocycles. The van der Waals surface area contributed by atoms with Gasteiger partial charge in [0.1, 0.15) is 18.1 Å². The van der Waals surface area contributed by atoms with E-state index in [0.29, 0.717) is 23.5 Å². The summed E-state index contributed by atoms with van der Waals surface area (Å²) in [6.45, 7) is 6.59. The molecule has 0 aliphatic rings. The quantitative estimate of drug-likeness (QED) is 0.247. The maximum Gasteiger partial charge on any atom is 0.322 e. The molecular formula is C24H30N4O3. The van der Waals surface area contributed by atoms with Gasteiger partial charge in [-0.05, 0) is 55.9 Å². The molecule has 7 heteroatoms. The first-order valence-electron chi connectivity index (χ1n) is 10.5. The standard InChI is InChI=1S/C24H30N4O3/c1-4-5-6-7-8-9-10-18-11-19(20-13-26-17(3)27-14-20)12-21(23(25)16(2)29)24(18)28-15-22(30)31/h4,11-14,25,28H,1,5-10,15H2,2-3H3,(H,30,31). The van der Waals surface area contributed by atoms with Gasteiger partial charge in [-0.2, -0.15) is 0 Å². The van der Waals surface area contributed by atoms with Crippen molar-refractivity contribution in [3.05, 3.63) is 54.1 Å². The lowest BCUT2D eigenvalue weighted by Gasteiger charge is -2.18. The molecule has 7 nitrogen and oxygen atoms in total. The van der Waals surface area contributed by atoms with Gasteiger partial charge in [0.15, 0.2) is 5.78 Å². The molecule has 164 valence electrons. The van der Waals surface area contributed by atoms with E-state index in [-0.39, 0.29) is 18.0 Å². The first-order valence-corrected chi connectivity index (χ1v) is 10.5. The summed E-state index contributed by atoms with van der Waals surface area (Å²) in [7, 11) is 0. The number of ketones is 1. The Morgan fingerprint density at radius 2 is 1.81 bits per heavy atom. The predicted octanol–water partition coefficient (Wildman–Crippen LogP) is 4.58. The molecular weight excluding hydrogens is 392 g/mol. The second-order valence-corrected chi connectivity index (χ2v) is 7.50. The molecule has 0 unspecified atom stereocenters. The number of hydrogen-bond donors (Lipinski definition) is 3. The number of nitrogens with zero attached hydrogens (tertiary/aromatic N) is 2. The van der Waals surface area contributed by atoms with Crippen LogP contribution in [0.5, 0.6) is 0 Å². The van der Waals surface area contributed by atoms with Gasteiger partial charge in [-0.3, -0.25) is 15.0 Å². The number of hydrogen-bond acceptors (Lipinski definition) is 6. The SMILES string of the molecule is C=CCCCCCCc1cc(-c2cnc(C)nc2)cc(C(=N)C(C)=O)c1NCC(=O)O. The van der Waals surface area contributed by atoms with Crippen molar-refractivity contribution in [1.29, 1.82) is 5.41 Å². The third-order valence-corrected chi connectivity index (χ3v) is 4.98. The number of rotatable bonds is 13. The molecule has 31 heavy (non-hydrogen) atoms. The first kappa shape index (κ1) is 23.9. The van der Waals surface area contributed by atoms with E-state index in [1.165, 1.54) is 6.92 Å². The molecule has 0 amide bonds. The number of carbonyl (C=O) groups excluding carboxylic acids is 1. The number of Topliss-reactive ketones (excluding diaryl/α,β-unsaturated/α-hetero) is 1. The number of carbonyl (C=O) groups is 2. The van der Waals surface area contributed by atoms with E-state index in [1.54, 1.807) is 25.4 Å². The normalized spacial score (nSPS) is 10.5. The van der Waals surface area contributed by atoms with E-state index in [9.17, 15) is 9.59 Å². The Bertz CT molecular complexity index is 952. The summed E-state index contributed by atoms with van der Waals surface area (Å²) < 4.78 is 0. The number of carboxylic acid groups (broad SMARTS) is 1. The summed E-state index contributed by atoms with van der Waals surface area (Å²) in [5.41, 5.74) is 3.22. The molecule has 2 aromatic rings. The molecule has 1 heterocycles. The summed E-state index contributed by atoms with van der Waals surface area (Å²) in [5, 5.41) is 20.4. The molecule has 3 N–H and O–H groups in total. The largest absolute Gasteiger partial charge is 0.480 e. The second kappa shape index (κ2) is 11.7. The fourth-order valence-corrected chi connectivity index (χ4v) is 3.32. The van der Waals surface area contributed by atoms with Crippen molar-refractivity contribution in [3.8, 4) is 11.1 Å². The number of allylic oxidation sites excluding steroid dienone is 1. The second-order valence-electron chi connectivity index (χ2n) is 7.50. The van der Waals surface area contributed by atoms with Crippen molar-refractivity contribution >= 4 is 23.2 Å². The van der Waals surface area contributed by atoms with Gasteiger partial charge in [0.25, 0.3) is 0 Å². The van der Waals surface area contributed by atoms with Crippen molar-refractivity contribution in [2.45, 2.75) is 52.4 Å². The molecule has 1 aromatic carbocycles. The van der Waals surface area contributed by atoms with Crippen LogP contribution in [0, 0.1) is 12.3 Å². The van der Waals surface area contributed by atoms with E-state index < -0.39 is 5.97 Å². The zero-order valence-corrected chi connectivity index (χ0v) is 18.2. The monoisotopic (exact) mass is 422 g/mol. The number of anilines is 1. The summed E-state index contributed by atoms with van der Waals surface area (Å²) >= 11 is 0. The highest BCUT2D eigenvalue weighted by Gasteiger charge is 2.18. The van der Waals surface area contributed by atoms with Crippen LogP contribution in [0.1, 0.15) is 56.0 Å². The van der Waals surface area contributed by atoms with Crippen molar-refractivity contribution in [3.63, 3.8) is 0 Å². The smallest absolute Gasteiger partial charge is 0.322 e. The summed E-state index contributed by atoms with van der Waals surface area (Å²) in [4.78, 5) is 31.7. The van der Waals surface area contributed by atoms with Crippen LogP contribution in [0.15, 0.2) is 37.2 Å². The van der Waals surface area contributed by atoms with Crippen LogP contribution in [0.4, 0.5) is 5.69 Å². The molecule has 2 rings (SSSR count). The van der Waals surface area contributed by atoms with E-state index in [4.69, 9.17) is 10.5 Å². The van der Waals surface area contributed by atoms with E-state index >= 15 is 0 Å². The fourth-order valence-electron chi connectivity index (χ4n) is 3.32. The van der Waals surface area contributed by atoms with Gasteiger partial charge in [0, 0.05) is 36.1 Å². The number of aryl methyl sites for hydroxylation is 2. The van der Waals surface area contributed by atoms with Gasteiger partial charge < -0.3 is 10.4 Å². The van der Waals surface area contributed by atoms with Gasteiger partial charge in [-0.1, -0.05) is 18.9 Å². The molecule has 0 saturated heterocycles. The van der Waals surface area contributed by atoms with Crippen LogP contribution >= 0.6 is 0 Å². The number of carboxylic acids is 1. The average molecular weight is 423 g/mol. The topological polar surface area (TPSA) is 116 Å². The van der Waals surface area contributed by atoms with E-state index in [1.807, 2.05) is 12.1 Å². The van der Waals surface area contributed by atoms with E-state index in [0.717, 1.165) is 48.8 Å². The Balaban J connectivity index is 2.45. The fraction of sp³-hybridized carbons (Fsp3) is 0.375. The number of unbranched alkanes of at least 4 members (excludes halogenated alkanes) is 4. The lowest BCUT2D eigenvalue weighted by molar-refractivity contribution is -0.134. The first-order chi connectivity index (χ1) is 14.8. The van der Waals surface area contributed by atoms with Crippen molar-refractivity contribution in [2.75, 3.05) is 11.9 Å². The number of nitrogens with one attached hydrogen (secondary N) is 2. The lowest BCUT2D eigenvalue weighted by atomic mass is 9.92. The van der Waals surface area contributed by atoms with E-state index in [2.05, 4.69) is 21.9 Å². The highest BCUT2D eigenvalue weighted by Crippen LogP contribution is 2.31. The van der Waals surface area contributed by atoms with Crippen LogP contribution < -0.4 is 5.32 Å². The maximum absolute atomic E-state index is 12.0. The van der Waals surface area contributed by atoms with Gasteiger partial charge >= 0.3 is 5.97 Å². The lowest BCUT2D eigenvalue weighted by Crippen LogP contribution is -2.19. The Kier molecular flexibility index (Phi) is 9.06. The number of aromatic nitrogens is 2. The van der Waals surface area contributed by atoms with Crippen LogP contribution in [-0.4, -0.2) is 39.1 Å². The molecule has 1 aromatic heterocycles. The van der Waals surface area contributed by atoms with Gasteiger partial charge in [-0.15, -0.1) is 6.58 Å². The highest BCUT2D eigenvalue weighted by molar-refractivity contribution is 6.45. The minimum atomic E-state index is -1.01. The maximum atomic E-state index is 12.0. The molecule has 0 spiro atoms. The molecule has 0 atom stereocenters. The summed E-state index contributed by atoms with van der Waals surface area (Å²) in [5.74, 6) is -0.738. The predicted molar refractivity (Wildman–Crippen MR) is 123 cm³/mol. The number of benzene rings is 1. The van der Waals surface area contributed by atoms with Gasteiger partial charge in [0.05, 0.1) is 0 Å². The van der Waals surface area contributed by atoms with Crippen LogP contribution in [0.25, 0.3) is 11.1 Å². The molecule has 0 aliphatic carbocycles. The molecule has 0 bridgehead atoms. The van der Waals surface area contributed by atoms with Crippen LogP contribution in [0.3, 0.4) is 0 Å². The zero-order valence-electron chi connectivity index (χ0n) is 18.2. The average Bonchev–Trinajstić information content (AvgIpc) is 2.74. The third-order valence-electron chi connectivity index (χ3n) is 4.98. The molecule has 0 saturated carbocycles. The van der Waals surface area contributed by atoms with Gasteiger partial charge in [-0.25, -0.2) is 9.97 Å². The molecule has 0 fully saturated rings. The highest BCUT2D eigenvalue weighted by atomic mass is 16.4. The summed E-state index contributed by atoms with van der Waals surface area (Å²) in [6, 6.07) is 3.70.